The van der Waals surface area contributed by atoms with Gasteiger partial charge in [0.15, 0.2) is 0 Å². The highest BCUT2D eigenvalue weighted by Crippen LogP contribution is 2.29. The molecule has 1 aromatic rings. The van der Waals surface area contributed by atoms with Crippen LogP contribution in [-0.4, -0.2) is 32.3 Å². The quantitative estimate of drug-likeness (QED) is 0.911. The summed E-state index contributed by atoms with van der Waals surface area (Å²) in [6.45, 7) is 5.83. The Hall–Kier alpha value is -0.920. The summed E-state index contributed by atoms with van der Waals surface area (Å²) < 4.78 is 22.4. The summed E-state index contributed by atoms with van der Waals surface area (Å²) in [5.74, 6) is 0.0494. The molecule has 0 radical (unpaired) electrons. The topological polar surface area (TPSA) is 80.5 Å². The van der Waals surface area contributed by atoms with Crippen molar-refractivity contribution >= 4 is 27.3 Å². The fourth-order valence-electron chi connectivity index (χ4n) is 2.19. The Morgan fingerprint density at radius 1 is 1.47 bits per heavy atom. The Morgan fingerprint density at radius 3 is 2.63 bits per heavy atom. The first-order valence-corrected chi connectivity index (χ1v) is 8.43. The third kappa shape index (κ3) is 3.55. The van der Waals surface area contributed by atoms with Crippen LogP contribution in [0.2, 0.25) is 0 Å². The maximum absolute atomic E-state index is 12.1. The molecule has 1 aliphatic rings. The monoisotopic (exact) mass is 302 g/mol. The molecule has 2 heterocycles. The predicted molar refractivity (Wildman–Crippen MR) is 74.4 cm³/mol. The molecule has 0 unspecified atom stereocenters. The summed E-state index contributed by atoms with van der Waals surface area (Å²) in [5, 5.41) is 5.05. The van der Waals surface area contributed by atoms with Crippen LogP contribution in [0.3, 0.4) is 0 Å². The highest BCUT2D eigenvalue weighted by Gasteiger charge is 2.31. The molecule has 1 aliphatic heterocycles. The highest BCUT2D eigenvalue weighted by atomic mass is 32.2. The summed E-state index contributed by atoms with van der Waals surface area (Å²) >= 11 is 1.07. The third-order valence-corrected chi connectivity index (χ3v) is 5.80. The minimum absolute atomic E-state index is 0.0494. The van der Waals surface area contributed by atoms with E-state index >= 15 is 0 Å². The van der Waals surface area contributed by atoms with E-state index in [4.69, 9.17) is 5.14 Å². The van der Waals surface area contributed by atoms with Gasteiger partial charge in [-0.25, -0.2) is 13.6 Å². The molecule has 1 saturated heterocycles. The molecular weight excluding hydrogens is 284 g/mol. The Bertz CT molecular complexity index is 590. The van der Waals surface area contributed by atoms with E-state index < -0.39 is 10.0 Å². The van der Waals surface area contributed by atoms with Crippen molar-refractivity contribution in [2.45, 2.75) is 30.9 Å². The molecule has 0 spiro atoms. The lowest BCUT2D eigenvalue weighted by Crippen LogP contribution is -2.31. The van der Waals surface area contributed by atoms with Gasteiger partial charge in [-0.05, 0) is 24.0 Å². The van der Waals surface area contributed by atoms with Crippen molar-refractivity contribution in [2.75, 3.05) is 13.1 Å². The number of carbonyl (C=O) groups excluding carboxylic acids is 1. The van der Waals surface area contributed by atoms with Crippen LogP contribution in [0.4, 0.5) is 0 Å². The van der Waals surface area contributed by atoms with Gasteiger partial charge in [-0.3, -0.25) is 4.79 Å². The smallest absolute Gasteiger partial charge is 0.247 e. The van der Waals surface area contributed by atoms with Crippen LogP contribution in [0, 0.1) is 5.41 Å². The van der Waals surface area contributed by atoms with Crippen molar-refractivity contribution in [1.29, 1.82) is 0 Å². The maximum Gasteiger partial charge on any atom is 0.247 e. The fourth-order valence-corrected chi connectivity index (χ4v) is 3.96. The van der Waals surface area contributed by atoms with Crippen LogP contribution < -0.4 is 5.14 Å². The van der Waals surface area contributed by atoms with Gasteiger partial charge in [-0.15, -0.1) is 11.3 Å². The third-order valence-electron chi connectivity index (χ3n) is 3.27. The number of nitrogens with zero attached hydrogens (tertiary/aromatic N) is 1. The lowest BCUT2D eigenvalue weighted by Gasteiger charge is -2.19. The largest absolute Gasteiger partial charge is 0.342 e. The average Bonchev–Trinajstić information content (AvgIpc) is 2.83. The molecule has 2 N–H and O–H groups in total. The van der Waals surface area contributed by atoms with Crippen LogP contribution in [0.1, 0.15) is 25.1 Å². The van der Waals surface area contributed by atoms with Crippen molar-refractivity contribution in [3.63, 3.8) is 0 Å². The first-order valence-electron chi connectivity index (χ1n) is 6.07. The second-order valence-electron chi connectivity index (χ2n) is 5.67. The number of primary sulfonamides is 1. The number of likely N-dealkylation sites (tertiary alicyclic amines) is 1. The first-order chi connectivity index (χ1) is 8.67. The van der Waals surface area contributed by atoms with Crippen molar-refractivity contribution in [1.82, 2.24) is 4.90 Å². The zero-order valence-corrected chi connectivity index (χ0v) is 12.7. The van der Waals surface area contributed by atoms with Crippen LogP contribution >= 0.6 is 11.3 Å². The minimum atomic E-state index is -3.66. The van der Waals surface area contributed by atoms with Crippen LogP contribution in [0.25, 0.3) is 0 Å². The van der Waals surface area contributed by atoms with Gasteiger partial charge >= 0.3 is 0 Å². The number of amides is 1. The van der Waals surface area contributed by atoms with Gasteiger partial charge in [0.25, 0.3) is 0 Å². The standard InChI is InChI=1S/C12H18N2O3S2/c1-12(2)5-6-14(8-12)10(15)7-9-3-4-11(18-9)19(13,16)17/h3-4H,5-8H2,1-2H3,(H2,13,16,17). The second-order valence-corrected chi connectivity index (χ2v) is 8.63. The van der Waals surface area contributed by atoms with E-state index in [1.54, 1.807) is 6.07 Å². The number of rotatable bonds is 3. The Kier molecular flexibility index (Phi) is 3.72. The number of carbonyl (C=O) groups is 1. The van der Waals surface area contributed by atoms with Gasteiger partial charge in [0, 0.05) is 18.0 Å². The summed E-state index contributed by atoms with van der Waals surface area (Å²) in [6.07, 6.45) is 1.25. The van der Waals surface area contributed by atoms with Crippen LogP contribution in [0.5, 0.6) is 0 Å². The zero-order valence-electron chi connectivity index (χ0n) is 11.0. The number of nitrogens with two attached hydrogens (primary N) is 1. The first kappa shape index (κ1) is 14.5. The molecular formula is C12H18N2O3S2. The molecule has 1 aromatic heterocycles. The molecule has 0 atom stereocenters. The normalized spacial score (nSPS) is 18.8. The highest BCUT2D eigenvalue weighted by molar-refractivity contribution is 7.91. The molecule has 0 aliphatic carbocycles. The van der Waals surface area contributed by atoms with Gasteiger partial charge < -0.3 is 4.90 Å². The Morgan fingerprint density at radius 2 is 2.16 bits per heavy atom. The van der Waals surface area contributed by atoms with Gasteiger partial charge in [0.2, 0.25) is 15.9 Å². The van der Waals surface area contributed by atoms with E-state index in [1.165, 1.54) is 6.07 Å². The van der Waals surface area contributed by atoms with Gasteiger partial charge in [0.05, 0.1) is 6.42 Å². The van der Waals surface area contributed by atoms with Crippen molar-refractivity contribution in [3.05, 3.63) is 17.0 Å². The molecule has 106 valence electrons. The molecule has 1 fully saturated rings. The lowest BCUT2D eigenvalue weighted by molar-refractivity contribution is -0.129. The van der Waals surface area contributed by atoms with Crippen molar-refractivity contribution in [2.24, 2.45) is 10.6 Å². The van der Waals surface area contributed by atoms with Crippen molar-refractivity contribution < 1.29 is 13.2 Å². The van der Waals surface area contributed by atoms with E-state index in [0.717, 1.165) is 35.7 Å². The van der Waals surface area contributed by atoms with Crippen LogP contribution in [-0.2, 0) is 21.2 Å². The van der Waals surface area contributed by atoms with Gasteiger partial charge in [-0.1, -0.05) is 13.8 Å². The average molecular weight is 302 g/mol. The number of sulfonamides is 1. The molecule has 0 saturated carbocycles. The van der Waals surface area contributed by atoms with Gasteiger partial charge in [-0.2, -0.15) is 0 Å². The van der Waals surface area contributed by atoms with Gasteiger partial charge in [0.1, 0.15) is 4.21 Å². The molecule has 1 amide bonds. The minimum Gasteiger partial charge on any atom is -0.342 e. The molecule has 5 nitrogen and oxygen atoms in total. The fraction of sp³-hybridized carbons (Fsp3) is 0.583. The second kappa shape index (κ2) is 4.88. The summed E-state index contributed by atoms with van der Waals surface area (Å²) in [5.41, 5.74) is 0.177. The van der Waals surface area contributed by atoms with E-state index in [-0.39, 0.29) is 22.0 Å². The molecule has 7 heteroatoms. The SMILES string of the molecule is CC1(C)CCN(C(=O)Cc2ccc(S(N)(=O)=O)s2)C1. The van der Waals surface area contributed by atoms with E-state index in [1.807, 2.05) is 4.90 Å². The maximum atomic E-state index is 12.1. The molecule has 0 bridgehead atoms. The van der Waals surface area contributed by atoms with E-state index in [9.17, 15) is 13.2 Å². The lowest BCUT2D eigenvalue weighted by atomic mass is 9.93. The number of thiophene rings is 1. The van der Waals surface area contributed by atoms with E-state index in [0.29, 0.717) is 0 Å². The number of hydrogen-bond acceptors (Lipinski definition) is 4. The van der Waals surface area contributed by atoms with E-state index in [2.05, 4.69) is 13.8 Å². The number of hydrogen-bond donors (Lipinski definition) is 1. The predicted octanol–water partition coefficient (Wildman–Crippen LogP) is 1.20. The molecule has 0 aromatic carbocycles. The zero-order chi connectivity index (χ0) is 14.3. The molecule has 19 heavy (non-hydrogen) atoms. The Balaban J connectivity index is 2.02. The summed E-state index contributed by atoms with van der Waals surface area (Å²) in [7, 11) is -3.66. The summed E-state index contributed by atoms with van der Waals surface area (Å²) in [4.78, 5) is 14.7. The molecule has 2 rings (SSSR count). The Labute approximate surface area is 117 Å². The van der Waals surface area contributed by atoms with Crippen molar-refractivity contribution in [3.8, 4) is 0 Å². The summed E-state index contributed by atoms with van der Waals surface area (Å²) in [6, 6.07) is 3.11. The van der Waals surface area contributed by atoms with Crippen LogP contribution in [0.15, 0.2) is 16.3 Å².